The topological polar surface area (TPSA) is 80.1 Å². The molecule has 3 heterocycles. The van der Waals surface area contributed by atoms with Gasteiger partial charge in [0.05, 0.1) is 12.0 Å². The number of hydrogen-bond acceptors (Lipinski definition) is 5. The van der Waals surface area contributed by atoms with E-state index in [2.05, 4.69) is 78.6 Å². The summed E-state index contributed by atoms with van der Waals surface area (Å²) in [6.45, 7) is 16.3. The Morgan fingerprint density at radius 1 is 1.07 bits per heavy atom. The van der Waals surface area contributed by atoms with Gasteiger partial charge in [0.1, 0.15) is 23.3 Å². The Balaban J connectivity index is 1.72. The first-order valence-corrected chi connectivity index (χ1v) is 9.33. The van der Waals surface area contributed by atoms with E-state index in [4.69, 9.17) is 0 Å². The third kappa shape index (κ3) is 4.28. The first kappa shape index (κ1) is 19.3. The van der Waals surface area contributed by atoms with Gasteiger partial charge in [-0.2, -0.15) is 5.10 Å². The lowest BCUT2D eigenvalue weighted by molar-refractivity contribution is -0.794. The van der Waals surface area contributed by atoms with Crippen molar-refractivity contribution in [1.82, 2.24) is 24.4 Å². The average molecular weight is 374 g/mol. The van der Waals surface area contributed by atoms with Crippen molar-refractivity contribution >= 4 is 6.21 Å². The lowest BCUT2D eigenvalue weighted by Gasteiger charge is -2.20. The largest absolute Gasteiger partial charge is 0.266 e. The van der Waals surface area contributed by atoms with Crippen molar-refractivity contribution in [2.24, 2.45) is 10.3 Å². The molecule has 27 heavy (non-hydrogen) atoms. The first-order chi connectivity index (χ1) is 12.5. The molecule has 0 unspecified atom stereocenters. The molecule has 0 atom stereocenters. The molecule has 2 aromatic heterocycles. The SMILES string of the molecule is CC(C)(C)n1cnc(CC(C)(C)n2cn[n+](CC(C)(C)[N+]3=CCN=N3)c2)n1. The predicted molar refractivity (Wildman–Crippen MR) is 101 cm³/mol. The van der Waals surface area contributed by atoms with Gasteiger partial charge in [-0.3, -0.25) is 0 Å². The number of nitrogens with zero attached hydrogens (tertiary/aromatic N) is 9. The van der Waals surface area contributed by atoms with Gasteiger partial charge in [-0.15, -0.1) is 9.37 Å². The van der Waals surface area contributed by atoms with Crippen LogP contribution in [0.1, 0.15) is 54.3 Å². The summed E-state index contributed by atoms with van der Waals surface area (Å²) in [6, 6.07) is 0. The second-order valence-electron chi connectivity index (χ2n) is 9.37. The van der Waals surface area contributed by atoms with Crippen LogP contribution in [-0.4, -0.2) is 47.4 Å². The Kier molecular flexibility index (Phi) is 4.73. The van der Waals surface area contributed by atoms with Crippen LogP contribution < -0.4 is 4.68 Å². The zero-order valence-electron chi connectivity index (χ0n) is 17.5. The monoisotopic (exact) mass is 373 g/mol. The maximum absolute atomic E-state index is 4.64. The molecule has 9 heteroatoms. The molecule has 146 valence electrons. The molecule has 1 aliphatic heterocycles. The molecule has 0 N–H and O–H groups in total. The molecule has 0 aliphatic carbocycles. The number of aromatic nitrogens is 6. The van der Waals surface area contributed by atoms with Crippen molar-refractivity contribution < 1.29 is 9.37 Å². The zero-order valence-corrected chi connectivity index (χ0v) is 17.5. The summed E-state index contributed by atoms with van der Waals surface area (Å²) in [5.41, 5.74) is -0.449. The van der Waals surface area contributed by atoms with Crippen molar-refractivity contribution in [3.8, 4) is 0 Å². The Labute approximate surface area is 160 Å². The highest BCUT2D eigenvalue weighted by atomic mass is 15.5. The van der Waals surface area contributed by atoms with Gasteiger partial charge in [-0.25, -0.2) is 14.2 Å². The van der Waals surface area contributed by atoms with E-state index in [9.17, 15) is 0 Å². The Morgan fingerprint density at radius 2 is 1.81 bits per heavy atom. The minimum Gasteiger partial charge on any atom is -0.247 e. The summed E-state index contributed by atoms with van der Waals surface area (Å²) in [5, 5.41) is 17.4. The molecule has 0 fully saturated rings. The van der Waals surface area contributed by atoms with Crippen LogP contribution in [-0.2, 0) is 24.0 Å². The fourth-order valence-electron chi connectivity index (χ4n) is 2.99. The van der Waals surface area contributed by atoms with Crippen LogP contribution in [0.25, 0.3) is 0 Å². The second-order valence-corrected chi connectivity index (χ2v) is 9.37. The molecule has 0 spiro atoms. The molecule has 9 nitrogen and oxygen atoms in total. The second kappa shape index (κ2) is 6.61. The summed E-state index contributed by atoms with van der Waals surface area (Å²) in [4.78, 5) is 4.49. The minimum absolute atomic E-state index is 0.0665. The molecule has 0 aromatic carbocycles. The summed E-state index contributed by atoms with van der Waals surface area (Å²) in [5.74, 6) is 0.836. The van der Waals surface area contributed by atoms with Gasteiger partial charge in [0.2, 0.25) is 12.9 Å². The fraction of sp³-hybridized carbons (Fsp3) is 0.722. The third-order valence-corrected chi connectivity index (χ3v) is 4.76. The average Bonchev–Trinajstić information content (AvgIpc) is 3.27. The number of hydrogen-bond donors (Lipinski definition) is 0. The van der Waals surface area contributed by atoms with Gasteiger partial charge < -0.3 is 0 Å². The third-order valence-electron chi connectivity index (χ3n) is 4.76. The van der Waals surface area contributed by atoms with E-state index in [0.29, 0.717) is 13.1 Å². The normalized spacial score (nSPS) is 15.4. The van der Waals surface area contributed by atoms with E-state index in [1.165, 1.54) is 0 Å². The van der Waals surface area contributed by atoms with E-state index in [1.54, 1.807) is 0 Å². The lowest BCUT2D eigenvalue weighted by Crippen LogP contribution is -2.50. The molecule has 0 bridgehead atoms. The molecule has 0 saturated carbocycles. The van der Waals surface area contributed by atoms with Crippen LogP contribution in [0.2, 0.25) is 0 Å². The Bertz CT molecular complexity index is 862. The maximum Gasteiger partial charge on any atom is 0.266 e. The van der Waals surface area contributed by atoms with Crippen molar-refractivity contribution in [3.05, 3.63) is 24.8 Å². The van der Waals surface area contributed by atoms with Crippen LogP contribution in [0, 0.1) is 0 Å². The molecule has 2 aromatic rings. The molecular formula is C18H31N9+2. The van der Waals surface area contributed by atoms with Crippen molar-refractivity contribution in [2.45, 2.75) is 78.0 Å². The highest BCUT2D eigenvalue weighted by molar-refractivity contribution is 5.54. The Morgan fingerprint density at radius 3 is 2.41 bits per heavy atom. The van der Waals surface area contributed by atoms with E-state index < -0.39 is 0 Å². The molecule has 0 amide bonds. The van der Waals surface area contributed by atoms with E-state index in [1.807, 2.05) is 39.2 Å². The highest BCUT2D eigenvalue weighted by Gasteiger charge is 2.35. The van der Waals surface area contributed by atoms with Gasteiger partial charge in [0.25, 0.3) is 6.33 Å². The molecule has 0 saturated heterocycles. The Hall–Kier alpha value is -2.45. The highest BCUT2D eigenvalue weighted by Crippen LogP contribution is 2.20. The van der Waals surface area contributed by atoms with Crippen molar-refractivity contribution in [1.29, 1.82) is 0 Å². The minimum atomic E-state index is -0.193. The van der Waals surface area contributed by atoms with Crippen LogP contribution in [0.5, 0.6) is 0 Å². The lowest BCUT2D eigenvalue weighted by atomic mass is 10.0. The first-order valence-electron chi connectivity index (χ1n) is 9.33. The van der Waals surface area contributed by atoms with Gasteiger partial charge in [-0.05, 0) is 53.6 Å². The fourth-order valence-corrected chi connectivity index (χ4v) is 2.99. The van der Waals surface area contributed by atoms with Gasteiger partial charge in [-0.1, -0.05) is 0 Å². The molecule has 3 rings (SSSR count). The quantitative estimate of drug-likeness (QED) is 0.723. The summed E-state index contributed by atoms with van der Waals surface area (Å²) >= 11 is 0. The van der Waals surface area contributed by atoms with E-state index in [0.717, 1.165) is 12.2 Å². The standard InChI is InChI=1S/C18H31N9/c1-16(2,3)27-12-19-15(22-27)10-17(4,5)24-13-21-25(14-24)11-18(6,7)26-9-8-20-23-26/h9,12-14H,8,10-11H2,1-7H3/q+2. The van der Waals surface area contributed by atoms with Gasteiger partial charge >= 0.3 is 0 Å². The van der Waals surface area contributed by atoms with Gasteiger partial charge in [0, 0.05) is 5.11 Å². The van der Waals surface area contributed by atoms with E-state index >= 15 is 0 Å². The summed E-state index contributed by atoms with van der Waals surface area (Å²) in [6.07, 6.45) is 8.44. The number of rotatable bonds is 6. The van der Waals surface area contributed by atoms with Crippen molar-refractivity contribution in [3.63, 3.8) is 0 Å². The van der Waals surface area contributed by atoms with Crippen LogP contribution in [0.3, 0.4) is 0 Å². The van der Waals surface area contributed by atoms with Crippen LogP contribution in [0.15, 0.2) is 29.3 Å². The van der Waals surface area contributed by atoms with Crippen LogP contribution in [0.4, 0.5) is 0 Å². The van der Waals surface area contributed by atoms with E-state index in [-0.39, 0.29) is 16.6 Å². The molecule has 0 radical (unpaired) electrons. The zero-order chi connectivity index (χ0) is 19.9. The molecular weight excluding hydrogens is 342 g/mol. The van der Waals surface area contributed by atoms with Crippen molar-refractivity contribution in [2.75, 3.05) is 6.54 Å². The molecule has 1 aliphatic rings. The smallest absolute Gasteiger partial charge is 0.247 e. The maximum atomic E-state index is 4.64. The summed E-state index contributed by atoms with van der Waals surface area (Å²) < 4.78 is 7.89. The van der Waals surface area contributed by atoms with Crippen LogP contribution >= 0.6 is 0 Å². The summed E-state index contributed by atoms with van der Waals surface area (Å²) in [7, 11) is 0. The van der Waals surface area contributed by atoms with Gasteiger partial charge in [0.15, 0.2) is 17.9 Å². The predicted octanol–water partition coefficient (Wildman–Crippen LogP) is 1.74.